The first-order valence-electron chi connectivity index (χ1n) is 11.3. The Bertz CT molecular complexity index is 1230. The van der Waals surface area contributed by atoms with Crippen LogP contribution >= 0.6 is 24.8 Å². The van der Waals surface area contributed by atoms with Crippen molar-refractivity contribution in [1.29, 1.82) is 0 Å². The maximum Gasteiger partial charge on any atom is 0.417 e. The van der Waals surface area contributed by atoms with E-state index in [9.17, 15) is 22.4 Å². The zero-order valence-electron chi connectivity index (χ0n) is 19.4. The van der Waals surface area contributed by atoms with Crippen LogP contribution in [0.3, 0.4) is 0 Å². The Labute approximate surface area is 223 Å². The van der Waals surface area contributed by atoms with E-state index in [0.29, 0.717) is 36.8 Å². The third-order valence-electron chi connectivity index (χ3n) is 6.61. The molecule has 0 atom stereocenters. The second-order valence-corrected chi connectivity index (χ2v) is 8.99. The van der Waals surface area contributed by atoms with Gasteiger partial charge in [0.1, 0.15) is 22.9 Å². The average molecular weight is 562 g/mol. The van der Waals surface area contributed by atoms with Crippen LogP contribution in [-0.2, 0) is 10.9 Å². The summed E-state index contributed by atoms with van der Waals surface area (Å²) in [6, 6.07) is 9.08. The summed E-state index contributed by atoms with van der Waals surface area (Å²) in [5, 5.41) is 7.66. The number of anilines is 2. The molecule has 0 radical (unpaired) electrons. The summed E-state index contributed by atoms with van der Waals surface area (Å²) in [7, 11) is 0. The van der Waals surface area contributed by atoms with E-state index in [-0.39, 0.29) is 42.9 Å². The van der Waals surface area contributed by atoms with E-state index in [1.807, 2.05) is 0 Å². The monoisotopic (exact) mass is 561 g/mol. The van der Waals surface area contributed by atoms with Crippen molar-refractivity contribution in [1.82, 2.24) is 14.8 Å². The number of nitrogens with zero attached hydrogens (tertiary/aromatic N) is 4. The number of amides is 1. The highest BCUT2D eigenvalue weighted by atomic mass is 35.5. The first-order chi connectivity index (χ1) is 16.7. The third kappa shape index (κ3) is 6.10. The van der Waals surface area contributed by atoms with Crippen LogP contribution < -0.4 is 10.2 Å². The second-order valence-electron chi connectivity index (χ2n) is 8.99. The van der Waals surface area contributed by atoms with Crippen LogP contribution in [0.25, 0.3) is 5.69 Å². The predicted octanol–water partition coefficient (Wildman–Crippen LogP) is 6.27. The fraction of sp³-hybridized carbons (Fsp3) is 0.375. The lowest BCUT2D eigenvalue weighted by atomic mass is 9.78. The van der Waals surface area contributed by atoms with Crippen molar-refractivity contribution in [3.63, 3.8) is 0 Å². The van der Waals surface area contributed by atoms with Crippen LogP contribution in [0.5, 0.6) is 0 Å². The summed E-state index contributed by atoms with van der Waals surface area (Å²) < 4.78 is 60.2. The minimum atomic E-state index is -4.54. The number of alkyl halides is 3. The first-order valence-corrected chi connectivity index (χ1v) is 11.3. The van der Waals surface area contributed by atoms with Crippen molar-refractivity contribution in [2.24, 2.45) is 5.92 Å². The lowest BCUT2D eigenvalue weighted by Crippen LogP contribution is -2.39. The van der Waals surface area contributed by atoms with Gasteiger partial charge in [0, 0.05) is 25.0 Å². The lowest BCUT2D eigenvalue weighted by molar-refractivity contribution is -0.137. The van der Waals surface area contributed by atoms with Crippen LogP contribution in [0.2, 0.25) is 0 Å². The molecule has 7 nitrogen and oxygen atoms in total. The quantitative estimate of drug-likeness (QED) is 0.372. The van der Waals surface area contributed by atoms with Gasteiger partial charge in [-0.2, -0.15) is 18.3 Å². The van der Waals surface area contributed by atoms with Crippen LogP contribution in [-0.4, -0.2) is 39.5 Å². The number of hydrogen-bond acceptors (Lipinski definition) is 5. The van der Waals surface area contributed by atoms with E-state index < -0.39 is 23.4 Å². The van der Waals surface area contributed by atoms with E-state index in [4.69, 9.17) is 4.74 Å². The van der Waals surface area contributed by atoms with Crippen molar-refractivity contribution in [2.45, 2.75) is 37.5 Å². The number of para-hydroxylation sites is 1. The Balaban J connectivity index is 0.00000190. The van der Waals surface area contributed by atoms with Crippen molar-refractivity contribution in [2.75, 3.05) is 23.3 Å². The van der Waals surface area contributed by atoms with Gasteiger partial charge >= 0.3 is 12.3 Å². The van der Waals surface area contributed by atoms with Crippen molar-refractivity contribution >= 4 is 42.4 Å². The zero-order chi connectivity index (χ0) is 24.6. The summed E-state index contributed by atoms with van der Waals surface area (Å²) in [5.41, 5.74) is -1.18. The second kappa shape index (κ2) is 11.1. The van der Waals surface area contributed by atoms with Gasteiger partial charge < -0.3 is 10.1 Å². The molecule has 1 aliphatic heterocycles. The number of halogens is 6. The van der Waals surface area contributed by atoms with Crippen molar-refractivity contribution in [3.05, 3.63) is 66.4 Å². The highest BCUT2D eigenvalue weighted by Gasteiger charge is 2.48. The minimum Gasteiger partial charge on any atom is -0.441 e. The van der Waals surface area contributed by atoms with Crippen LogP contribution in [0, 0.1) is 11.7 Å². The largest absolute Gasteiger partial charge is 0.441 e. The van der Waals surface area contributed by atoms with Gasteiger partial charge in [0.25, 0.3) is 0 Å². The third-order valence-corrected chi connectivity index (χ3v) is 6.61. The molecule has 1 N–H and O–H groups in total. The maximum absolute atomic E-state index is 14.0. The van der Waals surface area contributed by atoms with E-state index in [1.54, 1.807) is 30.5 Å². The van der Waals surface area contributed by atoms with Crippen molar-refractivity contribution in [3.8, 4) is 5.69 Å². The molecule has 5 rings (SSSR count). The number of rotatable bonds is 5. The number of nitrogens with one attached hydrogen (secondary N) is 1. The molecule has 2 aliphatic rings. The molecular formula is C24H25Cl2F4N5O2. The maximum atomic E-state index is 14.0. The van der Waals surface area contributed by atoms with E-state index in [1.165, 1.54) is 21.8 Å². The number of hydrogen-bond donors (Lipinski definition) is 1. The summed E-state index contributed by atoms with van der Waals surface area (Å²) in [4.78, 5) is 17.4. The van der Waals surface area contributed by atoms with Gasteiger partial charge in [-0.1, -0.05) is 12.1 Å². The Hall–Kier alpha value is -3.05. The normalized spacial score (nSPS) is 21.2. The van der Waals surface area contributed by atoms with Gasteiger partial charge in [-0.25, -0.2) is 13.9 Å². The van der Waals surface area contributed by atoms with Gasteiger partial charge in [0.2, 0.25) is 0 Å². The fourth-order valence-corrected chi connectivity index (χ4v) is 4.66. The number of ether oxygens (including phenoxy) is 1. The molecule has 1 spiro atoms. The summed E-state index contributed by atoms with van der Waals surface area (Å²) in [5.74, 6) is 0.576. The standard InChI is InChI=1S/C24H23F4N5O2.2ClH/c25-19-3-1-2-4-20(19)33-10-7-21(31-33)30-12-16-5-8-23(9-6-16)15-32(22(34)35-23)18-11-17(13-29-14-18)24(26,27)28;;/h1-4,7,10-11,13-14,16H,5-6,8-9,12,15H2,(H,30,31);2*1H/t16-,23-;;. The average Bonchev–Trinajstić information content (AvgIpc) is 3.43. The predicted molar refractivity (Wildman–Crippen MR) is 134 cm³/mol. The zero-order valence-corrected chi connectivity index (χ0v) is 21.1. The molecule has 3 aromatic rings. The molecule has 1 aromatic carbocycles. The molecule has 1 amide bonds. The smallest absolute Gasteiger partial charge is 0.417 e. The molecule has 2 aromatic heterocycles. The molecule has 0 unspecified atom stereocenters. The molecule has 13 heteroatoms. The molecule has 1 saturated carbocycles. The molecular weight excluding hydrogens is 537 g/mol. The van der Waals surface area contributed by atoms with Crippen LogP contribution in [0.15, 0.2) is 55.0 Å². The molecule has 0 bridgehead atoms. The highest BCUT2D eigenvalue weighted by molar-refractivity contribution is 5.90. The number of carbonyl (C=O) groups excluding carboxylic acids is 1. The molecule has 3 heterocycles. The van der Waals surface area contributed by atoms with Gasteiger partial charge in [-0.3, -0.25) is 9.88 Å². The van der Waals surface area contributed by atoms with Gasteiger partial charge in [0.15, 0.2) is 0 Å². The number of pyridine rings is 1. The molecule has 1 saturated heterocycles. The van der Waals surface area contributed by atoms with Gasteiger partial charge in [-0.05, 0) is 49.8 Å². The molecule has 2 fully saturated rings. The topological polar surface area (TPSA) is 72.3 Å². The SMILES string of the molecule is Cl.Cl.O=C1O[C@]2(CC[C@H](CNc3ccn(-c4ccccc4F)n3)CC2)CN1c1cncc(C(F)(F)F)c1. The lowest BCUT2D eigenvalue weighted by Gasteiger charge is -2.35. The van der Waals surface area contributed by atoms with E-state index >= 15 is 0 Å². The highest BCUT2D eigenvalue weighted by Crippen LogP contribution is 2.41. The number of benzene rings is 1. The first kappa shape index (κ1) is 28.5. The summed E-state index contributed by atoms with van der Waals surface area (Å²) >= 11 is 0. The minimum absolute atomic E-state index is 0. The number of carbonyl (C=O) groups is 1. The fourth-order valence-electron chi connectivity index (χ4n) is 4.66. The molecule has 37 heavy (non-hydrogen) atoms. The van der Waals surface area contributed by atoms with E-state index in [2.05, 4.69) is 15.4 Å². The van der Waals surface area contributed by atoms with Crippen LogP contribution in [0.4, 0.5) is 33.9 Å². The van der Waals surface area contributed by atoms with Gasteiger partial charge in [-0.15, -0.1) is 24.8 Å². The Morgan fingerprint density at radius 1 is 1.11 bits per heavy atom. The Morgan fingerprint density at radius 3 is 2.54 bits per heavy atom. The van der Waals surface area contributed by atoms with Crippen molar-refractivity contribution < 1.29 is 27.1 Å². The summed E-state index contributed by atoms with van der Waals surface area (Å²) in [6.45, 7) is 0.849. The molecule has 1 aliphatic carbocycles. The Kier molecular flexibility index (Phi) is 8.59. The molecule has 200 valence electrons. The van der Waals surface area contributed by atoms with E-state index in [0.717, 1.165) is 25.1 Å². The summed E-state index contributed by atoms with van der Waals surface area (Å²) in [6.07, 6.45) is 1.25. The van der Waals surface area contributed by atoms with Gasteiger partial charge in [0.05, 0.1) is 24.0 Å². The van der Waals surface area contributed by atoms with Crippen LogP contribution in [0.1, 0.15) is 31.2 Å². The number of aromatic nitrogens is 3. The Morgan fingerprint density at radius 2 is 1.84 bits per heavy atom.